The molecule has 6 nitrogen and oxygen atoms in total. The van der Waals surface area contributed by atoms with E-state index in [1.54, 1.807) is 18.2 Å². The first-order valence-corrected chi connectivity index (χ1v) is 7.84. The van der Waals surface area contributed by atoms with Crippen molar-refractivity contribution < 1.29 is 19.0 Å². The maximum absolute atomic E-state index is 12.3. The van der Waals surface area contributed by atoms with Gasteiger partial charge >= 0.3 is 0 Å². The summed E-state index contributed by atoms with van der Waals surface area (Å²) in [5.41, 5.74) is 3.20. The zero-order chi connectivity index (χ0) is 18.4. The molecule has 0 fully saturated rings. The Morgan fingerprint density at radius 1 is 1.04 bits per heavy atom. The molecule has 0 radical (unpaired) electrons. The van der Waals surface area contributed by atoms with Crippen LogP contribution < -0.4 is 19.6 Å². The third kappa shape index (κ3) is 4.35. The molecule has 0 saturated heterocycles. The van der Waals surface area contributed by atoms with Gasteiger partial charge in [-0.25, -0.2) is 5.43 Å². The topological polar surface area (TPSA) is 69.2 Å². The summed E-state index contributed by atoms with van der Waals surface area (Å²) in [6, 6.07) is 8.12. The average Bonchev–Trinajstić information content (AvgIpc) is 2.62. The van der Waals surface area contributed by atoms with E-state index in [1.165, 1.54) is 39.7 Å². The van der Waals surface area contributed by atoms with Gasteiger partial charge in [0.05, 0.1) is 37.6 Å². The average molecular weight is 383 g/mol. The second-order valence-corrected chi connectivity index (χ2v) is 5.56. The first-order valence-electron chi connectivity index (χ1n) is 7.09. The van der Waals surface area contributed by atoms with Crippen LogP contribution in [-0.4, -0.2) is 33.5 Å². The van der Waals surface area contributed by atoms with Gasteiger partial charge in [0.15, 0.2) is 11.5 Å². The highest BCUT2D eigenvalue weighted by Gasteiger charge is 2.16. The van der Waals surface area contributed by atoms with Crippen molar-refractivity contribution in [2.75, 3.05) is 21.3 Å². The van der Waals surface area contributed by atoms with Crippen LogP contribution in [0.3, 0.4) is 0 Å². The van der Waals surface area contributed by atoms with Crippen LogP contribution in [0.1, 0.15) is 15.9 Å². The highest BCUT2D eigenvalue weighted by molar-refractivity contribution is 6.38. The summed E-state index contributed by atoms with van der Waals surface area (Å²) in [6.45, 7) is 0. The molecule has 2 aromatic rings. The fraction of sp³-hybridized carbons (Fsp3) is 0.176. The van der Waals surface area contributed by atoms with Crippen molar-refractivity contribution in [2.24, 2.45) is 5.10 Å². The molecule has 1 amide bonds. The van der Waals surface area contributed by atoms with Gasteiger partial charge in [0.25, 0.3) is 5.91 Å². The molecular formula is C17H16Cl2N2O4. The lowest BCUT2D eigenvalue weighted by molar-refractivity contribution is 0.0954. The van der Waals surface area contributed by atoms with E-state index >= 15 is 0 Å². The summed E-state index contributed by atoms with van der Waals surface area (Å²) in [7, 11) is 4.42. The number of halogens is 2. The predicted octanol–water partition coefficient (Wildman–Crippen LogP) is 3.78. The first-order chi connectivity index (χ1) is 12.0. The smallest absolute Gasteiger partial charge is 0.271 e. The van der Waals surface area contributed by atoms with Gasteiger partial charge in [0, 0.05) is 11.1 Å². The molecule has 2 aromatic carbocycles. The first kappa shape index (κ1) is 18.9. The molecular weight excluding hydrogens is 367 g/mol. The molecule has 8 heteroatoms. The number of hydrazone groups is 1. The number of hydrogen-bond acceptors (Lipinski definition) is 5. The number of nitrogens with one attached hydrogen (secondary N) is 1. The van der Waals surface area contributed by atoms with Gasteiger partial charge in [-0.2, -0.15) is 5.10 Å². The van der Waals surface area contributed by atoms with Gasteiger partial charge in [-0.3, -0.25) is 4.79 Å². The Morgan fingerprint density at radius 2 is 1.60 bits per heavy atom. The number of carbonyl (C=O) groups is 1. The van der Waals surface area contributed by atoms with Crippen LogP contribution in [0.15, 0.2) is 35.4 Å². The number of rotatable bonds is 6. The van der Waals surface area contributed by atoms with E-state index < -0.39 is 5.91 Å². The van der Waals surface area contributed by atoms with Crippen molar-refractivity contribution in [3.63, 3.8) is 0 Å². The number of ether oxygens (including phenoxy) is 3. The van der Waals surface area contributed by atoms with Crippen LogP contribution in [0.4, 0.5) is 0 Å². The van der Waals surface area contributed by atoms with Crippen molar-refractivity contribution in [2.45, 2.75) is 0 Å². The Labute approximate surface area is 155 Å². The zero-order valence-electron chi connectivity index (χ0n) is 13.8. The Hall–Kier alpha value is -2.44. The van der Waals surface area contributed by atoms with Crippen molar-refractivity contribution in [1.82, 2.24) is 5.43 Å². The van der Waals surface area contributed by atoms with Gasteiger partial charge in [-0.05, 0) is 24.3 Å². The van der Waals surface area contributed by atoms with E-state index in [2.05, 4.69) is 10.5 Å². The highest BCUT2D eigenvalue weighted by Crippen LogP contribution is 2.38. The molecule has 1 N–H and O–H groups in total. The molecule has 0 bridgehead atoms. The third-order valence-electron chi connectivity index (χ3n) is 3.29. The molecule has 0 aliphatic carbocycles. The summed E-state index contributed by atoms with van der Waals surface area (Å²) in [5.74, 6) is 0.668. The van der Waals surface area contributed by atoms with Crippen LogP contribution >= 0.6 is 23.2 Å². The Kier molecular flexibility index (Phi) is 6.50. The van der Waals surface area contributed by atoms with Crippen LogP contribution in [0, 0.1) is 0 Å². The van der Waals surface area contributed by atoms with Crippen molar-refractivity contribution >= 4 is 35.3 Å². The van der Waals surface area contributed by atoms with E-state index in [0.29, 0.717) is 32.9 Å². The quantitative estimate of drug-likeness (QED) is 0.609. The lowest BCUT2D eigenvalue weighted by Gasteiger charge is -2.13. The maximum atomic E-state index is 12.3. The minimum Gasteiger partial charge on any atom is -0.493 e. The van der Waals surface area contributed by atoms with Gasteiger partial charge in [0.1, 0.15) is 0 Å². The summed E-state index contributed by atoms with van der Waals surface area (Å²) in [4.78, 5) is 12.3. The second-order valence-electron chi connectivity index (χ2n) is 4.75. The molecule has 0 saturated carbocycles. The van der Waals surface area contributed by atoms with E-state index in [-0.39, 0.29) is 5.56 Å². The normalized spacial score (nSPS) is 10.6. The van der Waals surface area contributed by atoms with Crippen LogP contribution in [0.2, 0.25) is 10.0 Å². The molecule has 0 aliphatic heterocycles. The molecule has 132 valence electrons. The molecule has 25 heavy (non-hydrogen) atoms. The summed E-state index contributed by atoms with van der Waals surface area (Å²) in [6.07, 6.45) is 1.38. The molecule has 0 atom stereocenters. The number of carbonyl (C=O) groups excluding carboxylic acids is 1. The fourth-order valence-corrected chi connectivity index (χ4v) is 2.56. The molecule has 0 aromatic heterocycles. The highest BCUT2D eigenvalue weighted by atomic mass is 35.5. The maximum Gasteiger partial charge on any atom is 0.271 e. The van der Waals surface area contributed by atoms with Gasteiger partial charge < -0.3 is 14.2 Å². The molecule has 0 heterocycles. The van der Waals surface area contributed by atoms with Gasteiger partial charge in [0.2, 0.25) is 5.75 Å². The van der Waals surface area contributed by atoms with Gasteiger partial charge in [-0.15, -0.1) is 0 Å². The largest absolute Gasteiger partial charge is 0.493 e. The number of nitrogens with zero attached hydrogens (tertiary/aromatic N) is 1. The lowest BCUT2D eigenvalue weighted by atomic mass is 10.1. The summed E-state index contributed by atoms with van der Waals surface area (Å²) >= 11 is 12.1. The molecule has 0 spiro atoms. The molecule has 0 unspecified atom stereocenters. The molecule has 2 rings (SSSR count). The van der Waals surface area contributed by atoms with E-state index in [0.717, 1.165) is 0 Å². The van der Waals surface area contributed by atoms with Crippen LogP contribution in [0.5, 0.6) is 17.2 Å². The Bertz CT molecular complexity index is 764. The van der Waals surface area contributed by atoms with Crippen LogP contribution in [0.25, 0.3) is 0 Å². The third-order valence-corrected chi connectivity index (χ3v) is 3.95. The predicted molar refractivity (Wildman–Crippen MR) is 97.6 cm³/mol. The number of amides is 1. The summed E-state index contributed by atoms with van der Waals surface area (Å²) in [5, 5.41) is 4.74. The van der Waals surface area contributed by atoms with Crippen molar-refractivity contribution in [3.05, 3.63) is 51.5 Å². The monoisotopic (exact) mass is 382 g/mol. The Morgan fingerprint density at radius 3 is 2.08 bits per heavy atom. The van der Waals surface area contributed by atoms with Crippen LogP contribution in [-0.2, 0) is 0 Å². The standard InChI is InChI=1S/C17H16Cl2N2O4/c1-23-14-7-10(8-15(24-2)16(14)25-3)17(22)21-20-9-11-12(18)5-4-6-13(11)19/h4-9H,1-3H3,(H,21,22). The number of benzene rings is 2. The van der Waals surface area contributed by atoms with Gasteiger partial charge in [-0.1, -0.05) is 29.3 Å². The van der Waals surface area contributed by atoms with E-state index in [4.69, 9.17) is 37.4 Å². The van der Waals surface area contributed by atoms with E-state index in [9.17, 15) is 4.79 Å². The lowest BCUT2D eigenvalue weighted by Crippen LogP contribution is -2.18. The second kappa shape index (κ2) is 8.60. The number of hydrogen-bond donors (Lipinski definition) is 1. The van der Waals surface area contributed by atoms with Crippen molar-refractivity contribution in [1.29, 1.82) is 0 Å². The van der Waals surface area contributed by atoms with E-state index in [1.807, 2.05) is 0 Å². The van der Waals surface area contributed by atoms with Crippen molar-refractivity contribution in [3.8, 4) is 17.2 Å². The zero-order valence-corrected chi connectivity index (χ0v) is 15.3. The minimum atomic E-state index is -0.460. The Balaban J connectivity index is 2.22. The molecule has 0 aliphatic rings. The minimum absolute atomic E-state index is 0.289. The fourth-order valence-electron chi connectivity index (χ4n) is 2.07. The number of methoxy groups -OCH3 is 3. The summed E-state index contributed by atoms with van der Waals surface area (Å²) < 4.78 is 15.7. The SMILES string of the molecule is COc1cc(C(=O)NN=Cc2c(Cl)cccc2Cl)cc(OC)c1OC.